The first kappa shape index (κ1) is 17.5. The predicted octanol–water partition coefficient (Wildman–Crippen LogP) is 1.80. The highest BCUT2D eigenvalue weighted by Crippen LogP contribution is 2.13. The van der Waals surface area contributed by atoms with E-state index in [1.165, 1.54) is 48.5 Å². The summed E-state index contributed by atoms with van der Waals surface area (Å²) in [4.78, 5) is 23.7. The number of aromatic hydroxyl groups is 1. The van der Waals surface area contributed by atoms with Gasteiger partial charge in [-0.25, -0.2) is 13.2 Å². The average molecular weight is 349 g/mol. The molecule has 2 aromatic carbocycles. The van der Waals surface area contributed by atoms with Crippen molar-refractivity contribution in [2.75, 3.05) is 17.6 Å². The van der Waals surface area contributed by atoms with Crippen LogP contribution in [0.25, 0.3) is 0 Å². The summed E-state index contributed by atoms with van der Waals surface area (Å²) in [7, 11) is -3.39. The molecule has 2 rings (SSSR count). The maximum Gasteiger partial charge on any atom is 0.338 e. The minimum atomic E-state index is -3.39. The summed E-state index contributed by atoms with van der Waals surface area (Å²) in [5.74, 6) is -1.09. The number of phenolic OH excluding ortho intramolecular Hbond substituents is 1. The molecule has 0 aliphatic carbocycles. The van der Waals surface area contributed by atoms with Gasteiger partial charge in [-0.1, -0.05) is 0 Å². The molecule has 0 spiro atoms. The van der Waals surface area contributed by atoms with Gasteiger partial charge >= 0.3 is 5.97 Å². The molecule has 0 heterocycles. The normalized spacial score (nSPS) is 10.9. The zero-order chi connectivity index (χ0) is 17.7. The van der Waals surface area contributed by atoms with Gasteiger partial charge in [0, 0.05) is 11.3 Å². The smallest absolute Gasteiger partial charge is 0.338 e. The number of esters is 1. The Morgan fingerprint density at radius 1 is 1.00 bits per heavy atom. The van der Waals surface area contributed by atoms with E-state index in [2.05, 4.69) is 4.72 Å². The zero-order valence-electron chi connectivity index (χ0n) is 12.7. The van der Waals surface area contributed by atoms with Crippen molar-refractivity contribution in [3.63, 3.8) is 0 Å². The second-order valence-corrected chi connectivity index (χ2v) is 6.75. The van der Waals surface area contributed by atoms with Crippen LogP contribution in [-0.2, 0) is 14.8 Å². The lowest BCUT2D eigenvalue weighted by molar-refractivity contribution is 0.0474. The van der Waals surface area contributed by atoms with E-state index in [-0.39, 0.29) is 16.9 Å². The van der Waals surface area contributed by atoms with Gasteiger partial charge in [0.2, 0.25) is 10.0 Å². The van der Waals surface area contributed by atoms with Gasteiger partial charge < -0.3 is 9.84 Å². The van der Waals surface area contributed by atoms with Gasteiger partial charge in [-0.15, -0.1) is 0 Å². The highest BCUT2D eigenvalue weighted by Gasteiger charge is 2.12. The number of ether oxygens (including phenoxy) is 1. The molecule has 0 amide bonds. The highest BCUT2D eigenvalue weighted by atomic mass is 32.2. The van der Waals surface area contributed by atoms with E-state index in [1.807, 2.05) is 0 Å². The molecular weight excluding hydrogens is 334 g/mol. The molecule has 7 nitrogen and oxygen atoms in total. The summed E-state index contributed by atoms with van der Waals surface area (Å²) in [6.07, 6.45) is 1.02. The van der Waals surface area contributed by atoms with Crippen LogP contribution < -0.4 is 4.72 Å². The van der Waals surface area contributed by atoms with E-state index in [4.69, 9.17) is 9.84 Å². The van der Waals surface area contributed by atoms with Gasteiger partial charge in [0.1, 0.15) is 5.75 Å². The Balaban J connectivity index is 1.95. The summed E-state index contributed by atoms with van der Waals surface area (Å²) < 4.78 is 29.4. The molecule has 2 aromatic rings. The molecule has 0 bridgehead atoms. The number of Topliss-reactive ketones (excluding diaryl/α,β-unsaturated/α-hetero) is 1. The summed E-state index contributed by atoms with van der Waals surface area (Å²) in [5.41, 5.74) is 0.830. The number of sulfonamides is 1. The molecule has 0 aliphatic rings. The summed E-state index contributed by atoms with van der Waals surface area (Å²) in [5, 5.41) is 9.15. The minimum Gasteiger partial charge on any atom is -0.508 e. The molecule has 0 unspecified atom stereocenters. The first-order chi connectivity index (χ1) is 11.2. The predicted molar refractivity (Wildman–Crippen MR) is 87.6 cm³/mol. The highest BCUT2D eigenvalue weighted by molar-refractivity contribution is 7.92. The Hall–Kier alpha value is -2.87. The largest absolute Gasteiger partial charge is 0.508 e. The van der Waals surface area contributed by atoms with Crippen molar-refractivity contribution in [2.24, 2.45) is 0 Å². The summed E-state index contributed by atoms with van der Waals surface area (Å²) >= 11 is 0. The van der Waals surface area contributed by atoms with Crippen molar-refractivity contribution >= 4 is 27.5 Å². The van der Waals surface area contributed by atoms with Crippen LogP contribution in [0.5, 0.6) is 5.75 Å². The van der Waals surface area contributed by atoms with Crippen molar-refractivity contribution in [2.45, 2.75) is 0 Å². The van der Waals surface area contributed by atoms with Crippen LogP contribution in [0.2, 0.25) is 0 Å². The molecule has 24 heavy (non-hydrogen) atoms. The fourth-order valence-corrected chi connectivity index (χ4v) is 2.40. The number of carbonyl (C=O) groups excluding carboxylic acids is 2. The fraction of sp³-hybridized carbons (Fsp3) is 0.125. The fourth-order valence-electron chi connectivity index (χ4n) is 1.83. The van der Waals surface area contributed by atoms with Gasteiger partial charge in [-0.05, 0) is 48.5 Å². The van der Waals surface area contributed by atoms with Crippen LogP contribution in [0, 0.1) is 0 Å². The van der Waals surface area contributed by atoms with Crippen LogP contribution in [0.4, 0.5) is 5.69 Å². The third kappa shape index (κ3) is 5.10. The van der Waals surface area contributed by atoms with Crippen molar-refractivity contribution in [1.82, 2.24) is 0 Å². The molecule has 8 heteroatoms. The number of nitrogens with one attached hydrogen (secondary N) is 1. The van der Waals surface area contributed by atoms with Gasteiger partial charge in [0.15, 0.2) is 12.4 Å². The topological polar surface area (TPSA) is 110 Å². The number of carbonyl (C=O) groups is 2. The Bertz CT molecular complexity index is 841. The van der Waals surface area contributed by atoms with Gasteiger partial charge in [-0.2, -0.15) is 0 Å². The van der Waals surface area contributed by atoms with E-state index in [1.54, 1.807) is 0 Å². The lowest BCUT2D eigenvalue weighted by Crippen LogP contribution is -2.14. The van der Waals surface area contributed by atoms with E-state index in [9.17, 15) is 18.0 Å². The molecule has 126 valence electrons. The molecule has 2 N–H and O–H groups in total. The summed E-state index contributed by atoms with van der Waals surface area (Å²) in [6.45, 7) is -0.446. The maximum absolute atomic E-state index is 12.0. The van der Waals surface area contributed by atoms with E-state index in [0.717, 1.165) is 6.26 Å². The standard InChI is InChI=1S/C16H15NO6S/c1-24(21,22)17-13-6-2-11(3-7-13)15(19)10-23-16(20)12-4-8-14(18)9-5-12/h2-9,17-18H,10H2,1H3. The quantitative estimate of drug-likeness (QED) is 0.608. The molecule has 0 aliphatic heterocycles. The van der Waals surface area contributed by atoms with Crippen LogP contribution in [-0.4, -0.2) is 38.1 Å². The third-order valence-corrected chi connectivity index (χ3v) is 3.55. The van der Waals surface area contributed by atoms with Crippen LogP contribution >= 0.6 is 0 Å². The third-order valence-electron chi connectivity index (χ3n) is 2.95. The van der Waals surface area contributed by atoms with Crippen molar-refractivity contribution in [3.8, 4) is 5.75 Å². The number of hydrogen-bond donors (Lipinski definition) is 2. The Kier molecular flexibility index (Phi) is 5.20. The zero-order valence-corrected chi connectivity index (χ0v) is 13.5. The molecule has 0 fully saturated rings. The van der Waals surface area contributed by atoms with Crippen molar-refractivity contribution < 1.29 is 27.9 Å². The number of ketones is 1. The molecule has 0 saturated heterocycles. The number of benzene rings is 2. The van der Waals surface area contributed by atoms with Crippen molar-refractivity contribution in [1.29, 1.82) is 0 Å². The molecule has 0 saturated carbocycles. The number of hydrogen-bond acceptors (Lipinski definition) is 6. The monoisotopic (exact) mass is 349 g/mol. The minimum absolute atomic E-state index is 0.0189. The number of anilines is 1. The van der Waals surface area contributed by atoms with Gasteiger partial charge in [0.25, 0.3) is 0 Å². The average Bonchev–Trinajstić information content (AvgIpc) is 2.52. The lowest BCUT2D eigenvalue weighted by atomic mass is 10.1. The van der Waals surface area contributed by atoms with Crippen molar-refractivity contribution in [3.05, 3.63) is 59.7 Å². The van der Waals surface area contributed by atoms with Crippen LogP contribution in [0.1, 0.15) is 20.7 Å². The van der Waals surface area contributed by atoms with E-state index in [0.29, 0.717) is 5.69 Å². The SMILES string of the molecule is CS(=O)(=O)Nc1ccc(C(=O)COC(=O)c2ccc(O)cc2)cc1. The Morgan fingerprint density at radius 2 is 1.54 bits per heavy atom. The summed E-state index contributed by atoms with van der Waals surface area (Å²) in [6, 6.07) is 11.2. The first-order valence-electron chi connectivity index (χ1n) is 6.82. The van der Waals surface area contributed by atoms with Crippen LogP contribution in [0.15, 0.2) is 48.5 Å². The number of rotatable bonds is 6. The van der Waals surface area contributed by atoms with E-state index < -0.39 is 28.4 Å². The Labute approximate surface area is 138 Å². The molecule has 0 atom stereocenters. The second-order valence-electron chi connectivity index (χ2n) is 5.00. The van der Waals surface area contributed by atoms with Gasteiger partial charge in [0.05, 0.1) is 11.8 Å². The lowest BCUT2D eigenvalue weighted by Gasteiger charge is -2.06. The second kappa shape index (κ2) is 7.14. The Morgan fingerprint density at radius 3 is 2.08 bits per heavy atom. The number of phenols is 1. The molecule has 0 aromatic heterocycles. The molecular formula is C16H15NO6S. The van der Waals surface area contributed by atoms with Gasteiger partial charge in [-0.3, -0.25) is 9.52 Å². The first-order valence-corrected chi connectivity index (χ1v) is 8.71. The maximum atomic E-state index is 12.0. The van der Waals surface area contributed by atoms with E-state index >= 15 is 0 Å². The van der Waals surface area contributed by atoms with Crippen LogP contribution in [0.3, 0.4) is 0 Å². The molecule has 0 radical (unpaired) electrons.